The Morgan fingerprint density at radius 3 is 2.30 bits per heavy atom. The van der Waals surface area contributed by atoms with Crippen LogP contribution in [0.5, 0.6) is 11.5 Å². The van der Waals surface area contributed by atoms with Gasteiger partial charge in [0.15, 0.2) is 5.56 Å². The largest absolute Gasteiger partial charge is 0.506 e. The van der Waals surface area contributed by atoms with Gasteiger partial charge in [0.25, 0.3) is 5.78 Å². The van der Waals surface area contributed by atoms with Gasteiger partial charge in [-0.2, -0.15) is 13.2 Å². The Hall–Kier alpha value is -1.01. The molecule has 0 aliphatic carbocycles. The first-order chi connectivity index (χ1) is 9.25. The van der Waals surface area contributed by atoms with Gasteiger partial charge in [-0.15, -0.1) is 0 Å². The van der Waals surface area contributed by atoms with Crippen molar-refractivity contribution in [3.05, 3.63) is 34.2 Å². The molecule has 0 unspecified atom stereocenters. The molecule has 0 saturated heterocycles. The third kappa shape index (κ3) is 4.74. The Morgan fingerprint density at radius 1 is 1.26 bits per heavy atom. The summed E-state index contributed by atoms with van der Waals surface area (Å²) in [5, 5.41) is 9.51. The van der Waals surface area contributed by atoms with E-state index in [0.717, 1.165) is 0 Å². The average Bonchev–Trinajstić information content (AvgIpc) is 2.36. The van der Waals surface area contributed by atoms with Crippen LogP contribution in [0.15, 0.2) is 27.4 Å². The molecule has 1 heterocycles. The predicted molar refractivity (Wildman–Crippen MR) is 68.3 cm³/mol. The second-order valence-electron chi connectivity index (χ2n) is 3.80. The minimum Gasteiger partial charge on any atom is -0.506 e. The molecular weight excluding hydrogens is 465 g/mol. The van der Waals surface area contributed by atoms with Crippen molar-refractivity contribution in [1.82, 2.24) is 0 Å². The van der Waals surface area contributed by atoms with Crippen LogP contribution in [0.2, 0.25) is 0 Å². The topological polar surface area (TPSA) is 140 Å². The molecule has 1 aromatic carbocycles. The third-order valence-electron chi connectivity index (χ3n) is 2.57. The molecule has 0 spiro atoms. The monoisotopic (exact) mass is 477 g/mol. The zero-order valence-electron chi connectivity index (χ0n) is 11.3. The molecule has 5 N–H and O–H groups in total. The summed E-state index contributed by atoms with van der Waals surface area (Å²) < 4.78 is 46.5. The van der Waals surface area contributed by atoms with Gasteiger partial charge in [0.2, 0.25) is 0 Å². The second kappa shape index (κ2) is 8.74. The average molecular weight is 476 g/mol. The number of benzene rings is 1. The van der Waals surface area contributed by atoms with Gasteiger partial charge >= 0.3 is 11.8 Å². The number of hydrogen-bond acceptors (Lipinski definition) is 5. The van der Waals surface area contributed by atoms with Gasteiger partial charge < -0.3 is 25.2 Å². The van der Waals surface area contributed by atoms with Crippen LogP contribution in [0.25, 0.3) is 11.0 Å². The first-order valence-corrected chi connectivity index (χ1v) is 5.21. The fourth-order valence-corrected chi connectivity index (χ4v) is 1.63. The van der Waals surface area contributed by atoms with Gasteiger partial charge in [0.1, 0.15) is 17.1 Å². The first kappa shape index (κ1) is 24.2. The predicted octanol–water partition coefficient (Wildman–Crippen LogP) is 0.603. The zero-order valence-corrected chi connectivity index (χ0v) is 13.7. The van der Waals surface area contributed by atoms with E-state index in [1.807, 2.05) is 0 Å². The standard InChI is InChI=1S/C12H7F3O5.Eu.2H2O/c1-19-5-2-3-6-7(4-5)20-11(18)8(9(6)16)10(17)12(13,14)15;;;/h2-4,16H,1H3;;2*1H2. The van der Waals surface area contributed by atoms with E-state index < -0.39 is 28.9 Å². The summed E-state index contributed by atoms with van der Waals surface area (Å²) >= 11 is 0. The van der Waals surface area contributed by atoms with Crippen molar-refractivity contribution in [3.8, 4) is 11.5 Å². The number of fused-ring (bicyclic) bond motifs is 1. The number of rotatable bonds is 2. The van der Waals surface area contributed by atoms with E-state index in [1.54, 1.807) is 0 Å². The SMILES string of the molecule is COc1ccc2c(O)c(C(=O)C(F)(F)F)c(=O)oc2c1.O.O.[Eu]. The Kier molecular flexibility index (Phi) is 9.21. The van der Waals surface area contributed by atoms with E-state index in [2.05, 4.69) is 4.42 Å². The van der Waals surface area contributed by atoms with Gasteiger partial charge in [0, 0.05) is 55.4 Å². The number of carbonyl (C=O) groups is 1. The molecule has 1 radical (unpaired) electrons. The van der Waals surface area contributed by atoms with Crippen LogP contribution in [-0.2, 0) is 0 Å². The Labute approximate surface area is 167 Å². The maximum absolute atomic E-state index is 12.4. The number of alkyl halides is 3. The Balaban J connectivity index is 0. The van der Waals surface area contributed by atoms with Crippen LogP contribution in [0.4, 0.5) is 13.2 Å². The van der Waals surface area contributed by atoms with Crippen LogP contribution in [0.1, 0.15) is 10.4 Å². The smallest absolute Gasteiger partial charge is 0.455 e. The van der Waals surface area contributed by atoms with E-state index in [-0.39, 0.29) is 77.0 Å². The maximum atomic E-state index is 12.4. The van der Waals surface area contributed by atoms with Gasteiger partial charge in [0.05, 0.1) is 12.5 Å². The van der Waals surface area contributed by atoms with Crippen LogP contribution in [0.3, 0.4) is 0 Å². The summed E-state index contributed by atoms with van der Waals surface area (Å²) in [4.78, 5) is 22.6. The molecule has 2 aromatic rings. The van der Waals surface area contributed by atoms with Crippen molar-refractivity contribution in [2.24, 2.45) is 0 Å². The van der Waals surface area contributed by atoms with Crippen molar-refractivity contribution < 1.29 is 92.6 Å². The zero-order chi connectivity index (χ0) is 15.1. The maximum Gasteiger partial charge on any atom is 0.455 e. The van der Waals surface area contributed by atoms with Crippen molar-refractivity contribution in [1.29, 1.82) is 0 Å². The Bertz CT molecular complexity index is 755. The summed E-state index contributed by atoms with van der Waals surface area (Å²) in [6.07, 6.45) is -5.29. The van der Waals surface area contributed by atoms with E-state index in [0.29, 0.717) is 0 Å². The molecule has 1 aromatic heterocycles. The van der Waals surface area contributed by atoms with Crippen molar-refractivity contribution >= 4 is 16.8 Å². The summed E-state index contributed by atoms with van der Waals surface area (Å²) in [6, 6.07) is 3.72. The number of carbonyl (C=O) groups excluding carboxylic acids is 1. The van der Waals surface area contributed by atoms with Crippen LogP contribution >= 0.6 is 0 Å². The van der Waals surface area contributed by atoms with E-state index >= 15 is 0 Å². The molecule has 11 heteroatoms. The van der Waals surface area contributed by atoms with Gasteiger partial charge in [-0.1, -0.05) is 0 Å². The van der Waals surface area contributed by atoms with Crippen LogP contribution < -0.4 is 10.4 Å². The van der Waals surface area contributed by atoms with E-state index in [9.17, 15) is 27.9 Å². The van der Waals surface area contributed by atoms with Crippen LogP contribution in [-0.4, -0.2) is 35.1 Å². The third-order valence-corrected chi connectivity index (χ3v) is 2.57. The number of ether oxygens (including phenoxy) is 1. The van der Waals surface area contributed by atoms with Gasteiger partial charge in [-0.05, 0) is 12.1 Å². The number of Topliss-reactive ketones (excluding diaryl/α,β-unsaturated/α-hetero) is 1. The molecule has 0 aliphatic rings. The molecule has 0 aliphatic heterocycles. The normalized spacial score (nSPS) is 10.1. The summed E-state index contributed by atoms with van der Waals surface area (Å²) in [5.74, 6) is -3.25. The fourth-order valence-electron chi connectivity index (χ4n) is 1.63. The van der Waals surface area contributed by atoms with E-state index in [4.69, 9.17) is 4.74 Å². The van der Waals surface area contributed by atoms with Crippen molar-refractivity contribution in [2.75, 3.05) is 7.11 Å². The van der Waals surface area contributed by atoms with Crippen LogP contribution in [0, 0.1) is 49.4 Å². The molecule has 129 valence electrons. The summed E-state index contributed by atoms with van der Waals surface area (Å²) in [5.41, 5.74) is -3.19. The molecule has 7 nitrogen and oxygen atoms in total. The molecule has 23 heavy (non-hydrogen) atoms. The second-order valence-corrected chi connectivity index (χ2v) is 3.80. The Morgan fingerprint density at radius 2 is 1.83 bits per heavy atom. The molecule has 0 bridgehead atoms. The summed E-state index contributed by atoms with van der Waals surface area (Å²) in [7, 11) is 1.33. The van der Waals surface area contributed by atoms with Crippen molar-refractivity contribution in [2.45, 2.75) is 6.18 Å². The minimum atomic E-state index is -5.29. The molecule has 0 saturated carbocycles. The minimum absolute atomic E-state index is 0. The molecular formula is C12H11EuF3O7. The molecule has 0 atom stereocenters. The fraction of sp³-hybridized carbons (Fsp3) is 0.167. The first-order valence-electron chi connectivity index (χ1n) is 5.21. The quantitative estimate of drug-likeness (QED) is 0.500. The number of hydrogen-bond donors (Lipinski definition) is 1. The van der Waals surface area contributed by atoms with Crippen molar-refractivity contribution in [3.63, 3.8) is 0 Å². The number of methoxy groups -OCH3 is 1. The molecule has 0 fully saturated rings. The van der Waals surface area contributed by atoms with E-state index in [1.165, 1.54) is 25.3 Å². The van der Waals surface area contributed by atoms with Gasteiger partial charge in [-0.3, -0.25) is 4.79 Å². The summed E-state index contributed by atoms with van der Waals surface area (Å²) in [6.45, 7) is 0. The number of halogens is 3. The van der Waals surface area contributed by atoms with Gasteiger partial charge in [-0.25, -0.2) is 4.79 Å². The number of aromatic hydroxyl groups is 1. The number of ketones is 1. The molecule has 2 rings (SSSR count). The molecule has 0 amide bonds.